The number of aliphatic hydroxyl groups is 4. The summed E-state index contributed by atoms with van der Waals surface area (Å²) in [6, 6.07) is 19.5. The highest BCUT2D eigenvalue weighted by atomic mass is 16.5. The van der Waals surface area contributed by atoms with Gasteiger partial charge in [-0.1, -0.05) is 42.5 Å². The number of hydrogen-bond donors (Lipinski definition) is 4. The molecular formula is C25H24N2O6. The van der Waals surface area contributed by atoms with Crippen molar-refractivity contribution in [2.45, 2.75) is 37.4 Å². The number of fused-ring (bicyclic) bond motifs is 1. The topological polar surface area (TPSA) is 129 Å². The molecule has 2 heterocycles. The van der Waals surface area contributed by atoms with Gasteiger partial charge in [-0.3, -0.25) is 0 Å². The maximum atomic E-state index is 10.4. The molecule has 8 nitrogen and oxygen atoms in total. The second kappa shape index (κ2) is 8.66. The first kappa shape index (κ1) is 21.7. The van der Waals surface area contributed by atoms with Crippen molar-refractivity contribution in [2.24, 2.45) is 0 Å². The molecule has 0 spiro atoms. The SMILES string of the molecule is Cc1nnc(-c2ccc3cc(-c4ccc([C@H]5O[C@H](CO)[C@@H](O)[C@H](O)[C@@H]5O)cc4)ccc3c2)o1. The van der Waals surface area contributed by atoms with Gasteiger partial charge in [0.25, 0.3) is 0 Å². The van der Waals surface area contributed by atoms with Crippen molar-refractivity contribution < 1.29 is 29.6 Å². The molecule has 1 fully saturated rings. The normalized spacial score (nSPS) is 25.4. The smallest absolute Gasteiger partial charge is 0.247 e. The first-order valence-electron chi connectivity index (χ1n) is 10.7. The van der Waals surface area contributed by atoms with Gasteiger partial charge >= 0.3 is 0 Å². The third-order valence-electron chi connectivity index (χ3n) is 6.08. The summed E-state index contributed by atoms with van der Waals surface area (Å²) in [6.45, 7) is 1.30. The maximum absolute atomic E-state index is 10.4. The molecule has 0 unspecified atom stereocenters. The summed E-state index contributed by atoms with van der Waals surface area (Å²) in [6.07, 6.45) is -5.86. The molecule has 0 saturated carbocycles. The van der Waals surface area contributed by atoms with E-state index in [0.29, 0.717) is 17.3 Å². The van der Waals surface area contributed by atoms with E-state index in [-0.39, 0.29) is 0 Å². The monoisotopic (exact) mass is 448 g/mol. The molecule has 1 saturated heterocycles. The fourth-order valence-corrected chi connectivity index (χ4v) is 4.21. The average Bonchev–Trinajstić information content (AvgIpc) is 3.28. The Morgan fingerprint density at radius 3 is 2.03 bits per heavy atom. The molecule has 170 valence electrons. The van der Waals surface area contributed by atoms with Crippen LogP contribution in [-0.2, 0) is 4.74 Å². The highest BCUT2D eigenvalue weighted by Gasteiger charge is 2.43. The Hall–Kier alpha value is -3.14. The summed E-state index contributed by atoms with van der Waals surface area (Å²) < 4.78 is 11.2. The molecule has 1 aliphatic heterocycles. The van der Waals surface area contributed by atoms with E-state index in [1.165, 1.54) is 0 Å². The van der Waals surface area contributed by atoms with Crippen molar-refractivity contribution in [1.29, 1.82) is 0 Å². The van der Waals surface area contributed by atoms with Crippen molar-refractivity contribution in [1.82, 2.24) is 10.2 Å². The summed E-state index contributed by atoms with van der Waals surface area (Å²) >= 11 is 0. The van der Waals surface area contributed by atoms with Crippen LogP contribution in [0.2, 0.25) is 0 Å². The number of aliphatic hydroxyl groups excluding tert-OH is 4. The summed E-state index contributed by atoms with van der Waals surface area (Å²) in [5.74, 6) is 1.01. The zero-order chi connectivity index (χ0) is 23.1. The Labute approximate surface area is 189 Å². The van der Waals surface area contributed by atoms with Gasteiger partial charge in [-0.05, 0) is 45.7 Å². The van der Waals surface area contributed by atoms with Gasteiger partial charge in [0, 0.05) is 12.5 Å². The summed E-state index contributed by atoms with van der Waals surface area (Å²) in [7, 11) is 0. The summed E-state index contributed by atoms with van der Waals surface area (Å²) in [5.41, 5.74) is 3.50. The standard InChI is InChI=1S/C25H24N2O6/c1-13-26-27-25(32-13)19-9-8-17-10-16(6-7-18(17)11-19)14-2-4-15(5-3-14)24-23(31)22(30)21(29)20(12-28)33-24/h2-11,20-24,28-31H,12H2,1H3/t20-,21-,22+,23+,24-/m1/s1. The van der Waals surface area contributed by atoms with Crippen molar-refractivity contribution in [3.8, 4) is 22.6 Å². The number of nitrogens with zero attached hydrogens (tertiary/aromatic N) is 2. The van der Waals surface area contributed by atoms with Crippen LogP contribution in [0, 0.1) is 6.92 Å². The second-order valence-electron chi connectivity index (χ2n) is 8.27. The molecule has 0 aliphatic carbocycles. The van der Waals surface area contributed by atoms with E-state index in [1.54, 1.807) is 6.92 Å². The molecule has 1 aromatic heterocycles. The van der Waals surface area contributed by atoms with E-state index in [2.05, 4.69) is 16.3 Å². The zero-order valence-corrected chi connectivity index (χ0v) is 17.9. The molecule has 0 amide bonds. The van der Waals surface area contributed by atoms with Crippen molar-refractivity contribution >= 4 is 10.8 Å². The fraction of sp³-hybridized carbons (Fsp3) is 0.280. The van der Waals surface area contributed by atoms with Gasteiger partial charge in [0.1, 0.15) is 30.5 Å². The van der Waals surface area contributed by atoms with Crippen LogP contribution in [0.1, 0.15) is 17.6 Å². The Morgan fingerprint density at radius 1 is 0.758 bits per heavy atom. The molecule has 5 atom stereocenters. The van der Waals surface area contributed by atoms with Crippen LogP contribution in [0.15, 0.2) is 65.1 Å². The van der Waals surface area contributed by atoms with Gasteiger partial charge in [-0.15, -0.1) is 10.2 Å². The lowest BCUT2D eigenvalue weighted by Crippen LogP contribution is -2.55. The van der Waals surface area contributed by atoms with E-state index in [0.717, 1.165) is 27.5 Å². The van der Waals surface area contributed by atoms with Crippen LogP contribution in [-0.4, -0.2) is 61.6 Å². The molecule has 8 heteroatoms. The molecule has 1 aliphatic rings. The average molecular weight is 448 g/mol. The Bertz CT molecular complexity index is 1270. The van der Waals surface area contributed by atoms with Gasteiger partial charge in [0.2, 0.25) is 11.8 Å². The van der Waals surface area contributed by atoms with Crippen molar-refractivity contribution in [3.05, 3.63) is 72.1 Å². The Morgan fingerprint density at radius 2 is 1.39 bits per heavy atom. The van der Waals surface area contributed by atoms with E-state index < -0.39 is 37.1 Å². The number of benzene rings is 3. The summed E-state index contributed by atoms with van der Waals surface area (Å²) in [5, 5.41) is 49.8. The minimum atomic E-state index is -1.40. The summed E-state index contributed by atoms with van der Waals surface area (Å²) in [4.78, 5) is 0. The number of aromatic nitrogens is 2. The maximum Gasteiger partial charge on any atom is 0.247 e. The number of rotatable bonds is 4. The molecule has 4 N–H and O–H groups in total. The Kier molecular flexibility index (Phi) is 5.69. The van der Waals surface area contributed by atoms with Crippen molar-refractivity contribution in [2.75, 3.05) is 6.61 Å². The first-order valence-corrected chi connectivity index (χ1v) is 10.7. The number of hydrogen-bond acceptors (Lipinski definition) is 8. The Balaban J connectivity index is 1.40. The first-order chi connectivity index (χ1) is 15.9. The largest absolute Gasteiger partial charge is 0.421 e. The number of ether oxygens (including phenoxy) is 1. The van der Waals surface area contributed by atoms with Gasteiger partial charge < -0.3 is 29.6 Å². The lowest BCUT2D eigenvalue weighted by atomic mass is 9.90. The van der Waals surface area contributed by atoms with E-state index in [1.807, 2.05) is 54.6 Å². The molecule has 0 bridgehead atoms. The third-order valence-corrected chi connectivity index (χ3v) is 6.08. The minimum absolute atomic E-state index is 0.454. The second-order valence-corrected chi connectivity index (χ2v) is 8.27. The van der Waals surface area contributed by atoms with Crippen LogP contribution in [0.3, 0.4) is 0 Å². The lowest BCUT2D eigenvalue weighted by molar-refractivity contribution is -0.231. The molecule has 3 aromatic carbocycles. The van der Waals surface area contributed by atoms with Gasteiger partial charge in [-0.25, -0.2) is 0 Å². The predicted molar refractivity (Wildman–Crippen MR) is 120 cm³/mol. The third kappa shape index (κ3) is 4.03. The highest BCUT2D eigenvalue weighted by Crippen LogP contribution is 2.34. The zero-order valence-electron chi connectivity index (χ0n) is 17.9. The van der Waals surface area contributed by atoms with Crippen LogP contribution < -0.4 is 0 Å². The fourth-order valence-electron chi connectivity index (χ4n) is 4.21. The van der Waals surface area contributed by atoms with Crippen LogP contribution in [0.4, 0.5) is 0 Å². The minimum Gasteiger partial charge on any atom is -0.421 e. The quantitative estimate of drug-likeness (QED) is 0.375. The van der Waals surface area contributed by atoms with Gasteiger partial charge in [-0.2, -0.15) is 0 Å². The lowest BCUT2D eigenvalue weighted by Gasteiger charge is -2.40. The van der Waals surface area contributed by atoms with Crippen molar-refractivity contribution in [3.63, 3.8) is 0 Å². The number of aryl methyl sites for hydroxylation is 1. The molecule has 33 heavy (non-hydrogen) atoms. The van der Waals surface area contributed by atoms with Crippen LogP contribution >= 0.6 is 0 Å². The molecule has 4 aromatic rings. The van der Waals surface area contributed by atoms with Crippen LogP contribution in [0.25, 0.3) is 33.4 Å². The van der Waals surface area contributed by atoms with Gasteiger partial charge in [0.15, 0.2) is 0 Å². The van der Waals surface area contributed by atoms with Crippen LogP contribution in [0.5, 0.6) is 0 Å². The van der Waals surface area contributed by atoms with E-state index >= 15 is 0 Å². The van der Waals surface area contributed by atoms with E-state index in [4.69, 9.17) is 9.15 Å². The van der Waals surface area contributed by atoms with Gasteiger partial charge in [0.05, 0.1) is 6.61 Å². The molecule has 5 rings (SSSR count). The van der Waals surface area contributed by atoms with E-state index in [9.17, 15) is 20.4 Å². The highest BCUT2D eigenvalue weighted by molar-refractivity contribution is 5.90. The molecular weight excluding hydrogens is 424 g/mol. The molecule has 0 radical (unpaired) electrons. The predicted octanol–water partition coefficient (Wildman–Crippen LogP) is 2.38.